The first-order chi connectivity index (χ1) is 6.24. The zero-order valence-corrected chi connectivity index (χ0v) is 7.24. The number of hydrogen-bond acceptors (Lipinski definition) is 3. The molecular formula is C9H9N3O. The number of nitriles is 1. The third-order valence-corrected chi connectivity index (χ3v) is 1.46. The molecule has 0 aromatic carbocycles. The molecule has 0 fully saturated rings. The molecule has 1 amide bonds. The Hall–Kier alpha value is -1.89. The van der Waals surface area contributed by atoms with Crippen LogP contribution in [0.25, 0.3) is 0 Å². The van der Waals surface area contributed by atoms with E-state index in [2.05, 4.69) is 10.3 Å². The van der Waals surface area contributed by atoms with E-state index in [-0.39, 0.29) is 12.3 Å². The Kier molecular flexibility index (Phi) is 2.98. The predicted octanol–water partition coefficient (Wildman–Crippen LogP) is 1.11. The standard InChI is InChI=1S/C9H9N3O/c1-7(13)12-9-8(4-5-10)3-2-6-11-9/h2-3,6H,4H2,1H3,(H,11,12,13). The maximum atomic E-state index is 10.7. The molecule has 1 aromatic heterocycles. The van der Waals surface area contributed by atoms with Crippen LogP contribution in [0.4, 0.5) is 5.82 Å². The molecule has 0 unspecified atom stereocenters. The molecule has 4 nitrogen and oxygen atoms in total. The average molecular weight is 175 g/mol. The zero-order valence-electron chi connectivity index (χ0n) is 7.24. The minimum Gasteiger partial charge on any atom is -0.311 e. The van der Waals surface area contributed by atoms with Gasteiger partial charge in [-0.3, -0.25) is 4.79 Å². The molecule has 1 aromatic rings. The zero-order chi connectivity index (χ0) is 9.68. The van der Waals surface area contributed by atoms with E-state index in [0.717, 1.165) is 5.56 Å². The van der Waals surface area contributed by atoms with Crippen molar-refractivity contribution >= 4 is 11.7 Å². The summed E-state index contributed by atoms with van der Waals surface area (Å²) >= 11 is 0. The van der Waals surface area contributed by atoms with Crippen molar-refractivity contribution in [1.29, 1.82) is 5.26 Å². The van der Waals surface area contributed by atoms with Crippen molar-refractivity contribution in [3.63, 3.8) is 0 Å². The van der Waals surface area contributed by atoms with Gasteiger partial charge < -0.3 is 5.32 Å². The van der Waals surface area contributed by atoms with Crippen LogP contribution in [0.1, 0.15) is 12.5 Å². The predicted molar refractivity (Wildman–Crippen MR) is 47.9 cm³/mol. The Morgan fingerprint density at radius 2 is 2.54 bits per heavy atom. The lowest BCUT2D eigenvalue weighted by molar-refractivity contribution is -0.114. The summed E-state index contributed by atoms with van der Waals surface area (Å²) in [5, 5.41) is 11.0. The third kappa shape index (κ3) is 2.56. The summed E-state index contributed by atoms with van der Waals surface area (Å²) < 4.78 is 0. The van der Waals surface area contributed by atoms with E-state index in [1.54, 1.807) is 18.3 Å². The minimum atomic E-state index is -0.183. The molecule has 0 aliphatic carbocycles. The molecule has 4 heteroatoms. The summed E-state index contributed by atoms with van der Waals surface area (Å²) in [6, 6.07) is 5.51. The topological polar surface area (TPSA) is 65.8 Å². The lowest BCUT2D eigenvalue weighted by Gasteiger charge is -2.04. The molecule has 13 heavy (non-hydrogen) atoms. The highest BCUT2D eigenvalue weighted by Gasteiger charge is 2.03. The first-order valence-corrected chi connectivity index (χ1v) is 3.82. The largest absolute Gasteiger partial charge is 0.311 e. The number of carbonyl (C=O) groups excluding carboxylic acids is 1. The Balaban J connectivity index is 2.92. The van der Waals surface area contributed by atoms with Crippen molar-refractivity contribution < 1.29 is 4.79 Å². The third-order valence-electron chi connectivity index (χ3n) is 1.46. The van der Waals surface area contributed by atoms with Crippen molar-refractivity contribution in [3.8, 4) is 6.07 Å². The quantitative estimate of drug-likeness (QED) is 0.732. The first-order valence-electron chi connectivity index (χ1n) is 3.82. The van der Waals surface area contributed by atoms with Gasteiger partial charge in [-0.05, 0) is 6.07 Å². The molecule has 0 aliphatic heterocycles. The van der Waals surface area contributed by atoms with Gasteiger partial charge in [0.25, 0.3) is 0 Å². The van der Waals surface area contributed by atoms with E-state index in [4.69, 9.17) is 5.26 Å². The second-order valence-corrected chi connectivity index (χ2v) is 2.53. The van der Waals surface area contributed by atoms with E-state index in [1.165, 1.54) is 6.92 Å². The molecule has 1 N–H and O–H groups in total. The fourth-order valence-corrected chi connectivity index (χ4v) is 0.946. The molecule has 0 saturated heterocycles. The van der Waals surface area contributed by atoms with Gasteiger partial charge in [0, 0.05) is 18.7 Å². The van der Waals surface area contributed by atoms with Gasteiger partial charge in [0.15, 0.2) is 0 Å². The van der Waals surface area contributed by atoms with Gasteiger partial charge >= 0.3 is 0 Å². The lowest BCUT2D eigenvalue weighted by Crippen LogP contribution is -2.09. The van der Waals surface area contributed by atoms with Crippen molar-refractivity contribution in [2.24, 2.45) is 0 Å². The van der Waals surface area contributed by atoms with Crippen molar-refractivity contribution in [2.45, 2.75) is 13.3 Å². The maximum Gasteiger partial charge on any atom is 0.222 e. The van der Waals surface area contributed by atoms with E-state index >= 15 is 0 Å². The number of carbonyl (C=O) groups is 1. The summed E-state index contributed by atoms with van der Waals surface area (Å²) in [6.45, 7) is 1.41. The van der Waals surface area contributed by atoms with Crippen molar-refractivity contribution in [1.82, 2.24) is 4.98 Å². The van der Waals surface area contributed by atoms with Gasteiger partial charge in [-0.15, -0.1) is 0 Å². The van der Waals surface area contributed by atoms with Crippen LogP contribution >= 0.6 is 0 Å². The van der Waals surface area contributed by atoms with E-state index in [9.17, 15) is 4.79 Å². The fourth-order valence-electron chi connectivity index (χ4n) is 0.946. The summed E-state index contributed by atoms with van der Waals surface area (Å²) in [7, 11) is 0. The number of aromatic nitrogens is 1. The van der Waals surface area contributed by atoms with Gasteiger partial charge in [0.05, 0.1) is 12.5 Å². The van der Waals surface area contributed by atoms with Crippen LogP contribution in [0.5, 0.6) is 0 Å². The molecule has 0 aliphatic rings. The Labute approximate surface area is 76.2 Å². The molecule has 0 atom stereocenters. The van der Waals surface area contributed by atoms with Gasteiger partial charge in [-0.2, -0.15) is 5.26 Å². The Morgan fingerprint density at radius 1 is 1.77 bits per heavy atom. The minimum absolute atomic E-state index is 0.183. The van der Waals surface area contributed by atoms with Gasteiger partial charge in [0.1, 0.15) is 5.82 Å². The SMILES string of the molecule is CC(=O)Nc1ncccc1CC#N. The summed E-state index contributed by atoms with van der Waals surface area (Å²) in [5.41, 5.74) is 0.736. The summed E-state index contributed by atoms with van der Waals surface area (Å²) in [5.74, 6) is 0.287. The molecule has 1 rings (SSSR count). The molecule has 1 heterocycles. The van der Waals surface area contributed by atoms with E-state index < -0.39 is 0 Å². The van der Waals surface area contributed by atoms with Gasteiger partial charge in [-0.25, -0.2) is 4.98 Å². The number of amides is 1. The number of nitrogens with one attached hydrogen (secondary N) is 1. The van der Waals surface area contributed by atoms with Crippen LogP contribution in [-0.2, 0) is 11.2 Å². The lowest BCUT2D eigenvalue weighted by atomic mass is 10.2. The maximum absolute atomic E-state index is 10.7. The highest BCUT2D eigenvalue weighted by atomic mass is 16.1. The number of anilines is 1. The van der Waals surface area contributed by atoms with Crippen LogP contribution in [0, 0.1) is 11.3 Å². The highest BCUT2D eigenvalue weighted by Crippen LogP contribution is 2.11. The van der Waals surface area contributed by atoms with Crippen molar-refractivity contribution in [3.05, 3.63) is 23.9 Å². The summed E-state index contributed by atoms with van der Waals surface area (Å²) in [4.78, 5) is 14.7. The second-order valence-electron chi connectivity index (χ2n) is 2.53. The molecule has 0 bridgehead atoms. The second kappa shape index (κ2) is 4.21. The first kappa shape index (κ1) is 9.20. The number of pyridine rings is 1. The normalized spacial score (nSPS) is 8.92. The molecule has 0 saturated carbocycles. The van der Waals surface area contributed by atoms with E-state index in [0.29, 0.717) is 5.82 Å². The van der Waals surface area contributed by atoms with Crippen LogP contribution in [-0.4, -0.2) is 10.9 Å². The molecule has 0 radical (unpaired) electrons. The van der Waals surface area contributed by atoms with Crippen LogP contribution in [0.2, 0.25) is 0 Å². The Bertz CT molecular complexity index is 354. The number of hydrogen-bond donors (Lipinski definition) is 1. The van der Waals surface area contributed by atoms with E-state index in [1.807, 2.05) is 6.07 Å². The van der Waals surface area contributed by atoms with Gasteiger partial charge in [-0.1, -0.05) is 6.07 Å². The van der Waals surface area contributed by atoms with Crippen molar-refractivity contribution in [2.75, 3.05) is 5.32 Å². The monoisotopic (exact) mass is 175 g/mol. The average Bonchev–Trinajstić information content (AvgIpc) is 2.08. The highest BCUT2D eigenvalue weighted by molar-refractivity contribution is 5.88. The van der Waals surface area contributed by atoms with Gasteiger partial charge in [0.2, 0.25) is 5.91 Å². The summed E-state index contributed by atoms with van der Waals surface area (Å²) in [6.07, 6.45) is 1.83. The Morgan fingerprint density at radius 3 is 3.15 bits per heavy atom. The smallest absolute Gasteiger partial charge is 0.222 e. The van der Waals surface area contributed by atoms with Crippen LogP contribution in [0.3, 0.4) is 0 Å². The fraction of sp³-hybridized carbons (Fsp3) is 0.222. The molecular weight excluding hydrogens is 166 g/mol. The number of nitrogens with zero attached hydrogens (tertiary/aromatic N) is 2. The number of rotatable bonds is 2. The van der Waals surface area contributed by atoms with Crippen LogP contribution in [0.15, 0.2) is 18.3 Å². The molecule has 66 valence electrons. The van der Waals surface area contributed by atoms with Crippen LogP contribution < -0.4 is 5.32 Å². The molecule has 0 spiro atoms.